The summed E-state index contributed by atoms with van der Waals surface area (Å²) in [5.74, 6) is 1.61. The maximum absolute atomic E-state index is 13.4. The van der Waals surface area contributed by atoms with Crippen molar-refractivity contribution in [1.29, 1.82) is 0 Å². The molecule has 1 heterocycles. The second-order valence-electron chi connectivity index (χ2n) is 10.5. The number of nitrogens with one attached hydrogen (secondary N) is 2. The van der Waals surface area contributed by atoms with Crippen LogP contribution in [-0.4, -0.2) is 52.9 Å². The molecular weight excluding hydrogens is 468 g/mol. The maximum atomic E-state index is 13.4. The van der Waals surface area contributed by atoms with E-state index in [4.69, 9.17) is 9.47 Å². The Morgan fingerprint density at radius 2 is 1.78 bits per heavy atom. The Hall–Kier alpha value is -3.36. The van der Waals surface area contributed by atoms with Crippen molar-refractivity contribution in [3.05, 3.63) is 71.8 Å². The number of hydrogen-bond acceptors (Lipinski definition) is 5. The Kier molecular flexibility index (Phi) is 8.51. The van der Waals surface area contributed by atoms with E-state index >= 15 is 0 Å². The Morgan fingerprint density at radius 1 is 1.11 bits per heavy atom. The van der Waals surface area contributed by atoms with E-state index in [1.54, 1.807) is 25.6 Å². The lowest BCUT2D eigenvalue weighted by molar-refractivity contribution is 0.0265. The highest BCUT2D eigenvalue weighted by Gasteiger charge is 2.36. The van der Waals surface area contributed by atoms with Gasteiger partial charge in [0, 0.05) is 25.7 Å². The van der Waals surface area contributed by atoms with Gasteiger partial charge in [-0.15, -0.1) is 5.10 Å². The topological polar surface area (TPSA) is 97.6 Å². The Bertz CT molecular complexity index is 1160. The van der Waals surface area contributed by atoms with E-state index in [9.17, 15) is 9.90 Å². The van der Waals surface area contributed by atoms with Crippen molar-refractivity contribution in [2.45, 2.75) is 57.6 Å². The zero-order valence-corrected chi connectivity index (χ0v) is 22.1. The molecule has 1 aliphatic carbocycles. The summed E-state index contributed by atoms with van der Waals surface area (Å²) in [5, 5.41) is 21.0. The molecule has 0 radical (unpaired) electrons. The fourth-order valence-electron chi connectivity index (χ4n) is 4.96. The van der Waals surface area contributed by atoms with Gasteiger partial charge in [0.1, 0.15) is 12.4 Å². The standard InChI is InChI=1S/C29H38N4O4/c1-20-26(33(23-13-9-6-10-14-23)32-27(20)37-19-29(2,3)35)31-28(34)30-25-18-21(15-16-36-4)17-24(25)22-11-7-5-8-12-22/h5-14,21,24-25,35H,15-19H2,1-4H3,(H2,30,31,34)/t21?,24-,25?/m0/s1. The number of amides is 2. The molecule has 3 atom stereocenters. The van der Waals surface area contributed by atoms with Crippen LogP contribution < -0.4 is 15.4 Å². The average molecular weight is 507 g/mol. The van der Waals surface area contributed by atoms with Crippen LogP contribution in [0.15, 0.2) is 60.7 Å². The molecule has 1 fully saturated rings. The highest BCUT2D eigenvalue weighted by molar-refractivity contribution is 5.90. The molecule has 8 heteroatoms. The largest absolute Gasteiger partial charge is 0.473 e. The SMILES string of the molecule is COCCC1CC(NC(=O)Nc2c(C)c(OCC(C)(C)O)nn2-c2ccccc2)[C@H](c2ccccc2)C1. The Labute approximate surface area is 219 Å². The van der Waals surface area contributed by atoms with Gasteiger partial charge in [-0.1, -0.05) is 48.5 Å². The molecule has 1 aromatic heterocycles. The summed E-state index contributed by atoms with van der Waals surface area (Å²) in [6, 6.07) is 19.7. The van der Waals surface area contributed by atoms with E-state index in [0.29, 0.717) is 29.8 Å². The molecule has 0 saturated heterocycles. The average Bonchev–Trinajstić information content (AvgIpc) is 3.42. The third kappa shape index (κ3) is 6.90. The number of aliphatic hydroxyl groups is 1. The zero-order valence-electron chi connectivity index (χ0n) is 22.1. The number of urea groups is 1. The van der Waals surface area contributed by atoms with Crippen LogP contribution in [0, 0.1) is 12.8 Å². The first-order valence-electron chi connectivity index (χ1n) is 12.9. The number of aromatic nitrogens is 2. The van der Waals surface area contributed by atoms with Gasteiger partial charge in [-0.3, -0.25) is 5.32 Å². The highest BCUT2D eigenvalue weighted by Crippen LogP contribution is 2.40. The van der Waals surface area contributed by atoms with Gasteiger partial charge in [0.15, 0.2) is 0 Å². The van der Waals surface area contributed by atoms with E-state index in [1.165, 1.54) is 5.56 Å². The summed E-state index contributed by atoms with van der Waals surface area (Å²) in [7, 11) is 1.73. The van der Waals surface area contributed by atoms with Gasteiger partial charge in [-0.25, -0.2) is 9.48 Å². The highest BCUT2D eigenvalue weighted by atomic mass is 16.5. The van der Waals surface area contributed by atoms with Gasteiger partial charge in [0.25, 0.3) is 0 Å². The molecule has 2 unspecified atom stereocenters. The van der Waals surface area contributed by atoms with Crippen molar-refractivity contribution in [2.24, 2.45) is 5.92 Å². The second kappa shape index (κ2) is 11.8. The Morgan fingerprint density at radius 3 is 2.43 bits per heavy atom. The van der Waals surface area contributed by atoms with Crippen LogP contribution in [0.25, 0.3) is 5.69 Å². The van der Waals surface area contributed by atoms with Gasteiger partial charge < -0.3 is 19.9 Å². The van der Waals surface area contributed by atoms with Crippen molar-refractivity contribution < 1.29 is 19.4 Å². The smallest absolute Gasteiger partial charge is 0.320 e. The molecule has 8 nitrogen and oxygen atoms in total. The lowest BCUT2D eigenvalue weighted by Crippen LogP contribution is -2.40. The van der Waals surface area contributed by atoms with Gasteiger partial charge in [0.2, 0.25) is 5.88 Å². The molecule has 2 aromatic carbocycles. The first-order valence-corrected chi connectivity index (χ1v) is 12.9. The lowest BCUT2D eigenvalue weighted by atomic mass is 9.93. The lowest BCUT2D eigenvalue weighted by Gasteiger charge is -2.22. The fourth-order valence-corrected chi connectivity index (χ4v) is 4.96. The first-order chi connectivity index (χ1) is 17.7. The monoisotopic (exact) mass is 506 g/mol. The number of nitrogens with zero attached hydrogens (tertiary/aromatic N) is 2. The van der Waals surface area contributed by atoms with Gasteiger partial charge in [0.05, 0.1) is 16.9 Å². The number of anilines is 1. The molecule has 1 saturated carbocycles. The van der Waals surface area contributed by atoms with E-state index in [1.807, 2.05) is 55.5 Å². The number of hydrogen-bond donors (Lipinski definition) is 3. The summed E-state index contributed by atoms with van der Waals surface area (Å²) >= 11 is 0. The number of para-hydroxylation sites is 1. The summed E-state index contributed by atoms with van der Waals surface area (Å²) in [5.41, 5.74) is 1.71. The van der Waals surface area contributed by atoms with Crippen LogP contribution >= 0.6 is 0 Å². The molecule has 0 aliphatic heterocycles. The minimum atomic E-state index is -1.01. The number of benzene rings is 2. The predicted octanol–water partition coefficient (Wildman–Crippen LogP) is 5.05. The van der Waals surface area contributed by atoms with Gasteiger partial charge >= 0.3 is 6.03 Å². The zero-order chi connectivity index (χ0) is 26.4. The molecule has 3 N–H and O–H groups in total. The number of ether oxygens (including phenoxy) is 2. The summed E-state index contributed by atoms with van der Waals surface area (Å²) < 4.78 is 12.8. The molecule has 4 rings (SSSR count). The summed E-state index contributed by atoms with van der Waals surface area (Å²) in [4.78, 5) is 13.4. The molecule has 0 spiro atoms. The molecule has 3 aromatic rings. The number of methoxy groups -OCH3 is 1. The number of carbonyl (C=O) groups is 1. The molecule has 198 valence electrons. The number of carbonyl (C=O) groups excluding carboxylic acids is 1. The van der Waals surface area contributed by atoms with Crippen LogP contribution in [0.1, 0.15) is 50.2 Å². The molecule has 2 amide bonds. The molecule has 37 heavy (non-hydrogen) atoms. The quantitative estimate of drug-likeness (QED) is 0.357. The minimum Gasteiger partial charge on any atom is -0.473 e. The van der Waals surface area contributed by atoms with E-state index < -0.39 is 5.60 Å². The van der Waals surface area contributed by atoms with Crippen LogP contribution in [0.3, 0.4) is 0 Å². The van der Waals surface area contributed by atoms with Crippen molar-refractivity contribution >= 4 is 11.8 Å². The van der Waals surface area contributed by atoms with E-state index in [2.05, 4.69) is 27.9 Å². The van der Waals surface area contributed by atoms with Crippen molar-refractivity contribution in [1.82, 2.24) is 15.1 Å². The second-order valence-corrected chi connectivity index (χ2v) is 10.5. The van der Waals surface area contributed by atoms with Crippen molar-refractivity contribution in [3.8, 4) is 11.6 Å². The Balaban J connectivity index is 1.55. The predicted molar refractivity (Wildman–Crippen MR) is 144 cm³/mol. The summed E-state index contributed by atoms with van der Waals surface area (Å²) in [6.45, 7) is 6.00. The normalized spacial score (nSPS) is 19.5. The van der Waals surface area contributed by atoms with Gasteiger partial charge in [-0.05, 0) is 63.6 Å². The third-order valence-electron chi connectivity index (χ3n) is 6.81. The van der Waals surface area contributed by atoms with Crippen LogP contribution in [-0.2, 0) is 4.74 Å². The number of rotatable bonds is 10. The van der Waals surface area contributed by atoms with Crippen molar-refractivity contribution in [3.63, 3.8) is 0 Å². The van der Waals surface area contributed by atoms with Crippen LogP contribution in [0.4, 0.5) is 10.6 Å². The molecular formula is C29H38N4O4. The van der Waals surface area contributed by atoms with Gasteiger partial charge in [-0.2, -0.15) is 0 Å². The van der Waals surface area contributed by atoms with Crippen molar-refractivity contribution in [2.75, 3.05) is 25.6 Å². The van der Waals surface area contributed by atoms with E-state index in [-0.39, 0.29) is 24.6 Å². The first kappa shape index (κ1) is 26.7. The molecule has 1 aliphatic rings. The summed E-state index contributed by atoms with van der Waals surface area (Å²) in [6.07, 6.45) is 2.88. The molecule has 0 bridgehead atoms. The van der Waals surface area contributed by atoms with Crippen LogP contribution in [0.5, 0.6) is 5.88 Å². The minimum absolute atomic E-state index is 0.00330. The maximum Gasteiger partial charge on any atom is 0.320 e. The fraction of sp³-hybridized carbons (Fsp3) is 0.448. The van der Waals surface area contributed by atoms with E-state index in [0.717, 1.165) is 24.9 Å². The van der Waals surface area contributed by atoms with Crippen LogP contribution in [0.2, 0.25) is 0 Å². The third-order valence-corrected chi connectivity index (χ3v) is 6.81.